The number of rotatable bonds is 2. The molecule has 0 bridgehead atoms. The number of hydrogen-bond donors (Lipinski definition) is 0. The minimum atomic E-state index is -3.54. The summed E-state index contributed by atoms with van der Waals surface area (Å²) >= 11 is 0. The topological polar surface area (TPSA) is 39.1 Å². The predicted octanol–water partition coefficient (Wildman–Crippen LogP) is 0.581. The maximum Gasteiger partial charge on any atom is 2.00 e. The summed E-state index contributed by atoms with van der Waals surface area (Å²) in [5.41, 5.74) is 0.640. The van der Waals surface area contributed by atoms with Gasteiger partial charge in [0.05, 0.1) is 4.90 Å². The normalized spacial score (nSPS) is 9.64. The number of para-hydroxylation sites is 1. The van der Waals surface area contributed by atoms with Crippen molar-refractivity contribution < 1.29 is 46.8 Å². The van der Waals surface area contributed by atoms with Gasteiger partial charge in [-0.3, -0.25) is 0 Å². The molecule has 0 atom stereocenters. The van der Waals surface area contributed by atoms with Crippen LogP contribution in [0.3, 0.4) is 0 Å². The fourth-order valence-corrected chi connectivity index (χ4v) is 3.23. The third-order valence-electron chi connectivity index (χ3n) is 2.78. The summed E-state index contributed by atoms with van der Waals surface area (Å²) in [7, 11) is -3.54. The van der Waals surface area contributed by atoms with Crippen LogP contribution in [0, 0.1) is 20.9 Å². The minimum Gasteiger partial charge on any atom is -0.358 e. The Morgan fingerprint density at radius 3 is 2.05 bits per heavy atom. The molecule has 3 rings (SSSR count). The van der Waals surface area contributed by atoms with Gasteiger partial charge in [-0.2, -0.15) is 17.5 Å². The molecule has 22 heavy (non-hydrogen) atoms. The van der Waals surface area contributed by atoms with E-state index in [2.05, 4.69) is 6.07 Å². The summed E-state index contributed by atoms with van der Waals surface area (Å²) in [4.78, 5) is 0.278. The molecule has 0 unspecified atom stereocenters. The van der Waals surface area contributed by atoms with Gasteiger partial charge >= 0.3 is 38.3 Å². The molecule has 3 nitrogen and oxygen atoms in total. The maximum atomic E-state index is 12.5. The van der Waals surface area contributed by atoms with Gasteiger partial charge in [-0.1, -0.05) is 36.5 Å². The molecule has 0 saturated carbocycles. The second kappa shape index (κ2) is 9.33. The van der Waals surface area contributed by atoms with Crippen molar-refractivity contribution in [1.29, 1.82) is 0 Å². The Morgan fingerprint density at radius 1 is 0.864 bits per heavy atom. The van der Waals surface area contributed by atoms with Gasteiger partial charge in [-0.05, 0) is 17.6 Å². The number of benzene rings is 2. The number of hydrogen-bond acceptors (Lipinski definition) is 2. The number of aromatic nitrogens is 1. The summed E-state index contributed by atoms with van der Waals surface area (Å²) in [6.07, 6.45) is 1.47. The van der Waals surface area contributed by atoms with Crippen molar-refractivity contribution in [3.8, 4) is 0 Å². The van der Waals surface area contributed by atoms with Crippen molar-refractivity contribution in [3.63, 3.8) is 0 Å². The third-order valence-corrected chi connectivity index (χ3v) is 4.47. The fourth-order valence-electron chi connectivity index (χ4n) is 1.89. The number of nitrogens with zero attached hydrogens (tertiary/aromatic N) is 1. The first-order valence-corrected chi connectivity index (χ1v) is 6.92. The standard InChI is InChI=1S/C14H10NO2S.2CH3.Li.Zn/c16-18(17,13-7-2-1-3-8-13)15-11-10-12-6-4-5-9-14(12)15;;;;/h1-9,11H;2*1H3;;/q3*-1;+1;+2. The van der Waals surface area contributed by atoms with E-state index >= 15 is 0 Å². The van der Waals surface area contributed by atoms with Crippen molar-refractivity contribution >= 4 is 20.9 Å². The first-order chi connectivity index (χ1) is 8.69. The molecule has 0 radical (unpaired) electrons. The quantitative estimate of drug-likeness (QED) is 0.496. The van der Waals surface area contributed by atoms with E-state index in [0.29, 0.717) is 5.52 Å². The van der Waals surface area contributed by atoms with Crippen LogP contribution in [0.4, 0.5) is 0 Å². The van der Waals surface area contributed by atoms with Gasteiger partial charge in [0, 0.05) is 0 Å². The second-order valence-corrected chi connectivity index (χ2v) is 5.72. The van der Waals surface area contributed by atoms with E-state index in [1.165, 1.54) is 10.2 Å². The zero-order valence-electron chi connectivity index (χ0n) is 13.2. The Morgan fingerprint density at radius 2 is 1.41 bits per heavy atom. The molecule has 0 N–H and O–H groups in total. The molecule has 0 saturated heterocycles. The van der Waals surface area contributed by atoms with Crippen LogP contribution in [-0.4, -0.2) is 12.4 Å². The average molecular weight is 359 g/mol. The maximum absolute atomic E-state index is 12.5. The van der Waals surface area contributed by atoms with E-state index < -0.39 is 10.0 Å². The Balaban J connectivity index is 0. The minimum absolute atomic E-state index is 0. The van der Waals surface area contributed by atoms with Crippen molar-refractivity contribution in [2.75, 3.05) is 0 Å². The molecule has 6 heteroatoms. The summed E-state index contributed by atoms with van der Waals surface area (Å²) in [6, 6.07) is 18.6. The molecule has 1 aromatic heterocycles. The molecule has 2 aromatic carbocycles. The first kappa shape index (κ1) is 23.4. The van der Waals surface area contributed by atoms with Crippen LogP contribution in [0.2, 0.25) is 0 Å². The van der Waals surface area contributed by atoms with Crippen LogP contribution in [0.25, 0.3) is 10.9 Å². The van der Waals surface area contributed by atoms with E-state index in [9.17, 15) is 8.42 Å². The molecule has 0 spiro atoms. The molecular formula is C16H16LiNO2SZn. The SMILES string of the molecule is O=S(=O)(c1ccccc1)n1c[c-]c2ccccc21.[CH3-].[CH3-].[Li+].[Zn+2]. The van der Waals surface area contributed by atoms with Crippen LogP contribution in [0.1, 0.15) is 0 Å². The molecule has 0 aliphatic heterocycles. The summed E-state index contributed by atoms with van der Waals surface area (Å²) in [6.45, 7) is 0. The summed E-state index contributed by atoms with van der Waals surface area (Å²) in [5.74, 6) is 0. The van der Waals surface area contributed by atoms with Gasteiger partial charge in [-0.15, -0.1) is 6.07 Å². The largest absolute Gasteiger partial charge is 2.00 e. The van der Waals surface area contributed by atoms with Crippen molar-refractivity contribution in [3.05, 3.63) is 81.7 Å². The number of fused-ring (bicyclic) bond motifs is 1. The Hall–Kier alpha value is -0.849. The van der Waals surface area contributed by atoms with Gasteiger partial charge < -0.3 is 18.8 Å². The third kappa shape index (κ3) is 4.12. The molecule has 106 valence electrons. The van der Waals surface area contributed by atoms with E-state index in [4.69, 9.17) is 0 Å². The second-order valence-electron chi connectivity index (χ2n) is 3.90. The van der Waals surface area contributed by atoms with Crippen molar-refractivity contribution in [1.82, 2.24) is 3.97 Å². The van der Waals surface area contributed by atoms with Gasteiger partial charge in [0.25, 0.3) is 10.0 Å². The zero-order chi connectivity index (χ0) is 12.6. The molecule has 0 aliphatic carbocycles. The molecule has 1 heterocycles. The van der Waals surface area contributed by atoms with Crippen LogP contribution in [0.15, 0.2) is 65.7 Å². The molecule has 0 amide bonds. The zero-order valence-corrected chi connectivity index (χ0v) is 16.9. The Kier molecular flexibility index (Phi) is 9.93. The van der Waals surface area contributed by atoms with Gasteiger partial charge in [0.15, 0.2) is 0 Å². The summed E-state index contributed by atoms with van der Waals surface area (Å²) in [5, 5.41) is 0.789. The van der Waals surface area contributed by atoms with Gasteiger partial charge in [0.2, 0.25) is 0 Å². The van der Waals surface area contributed by atoms with E-state index in [1.54, 1.807) is 36.4 Å². The van der Waals surface area contributed by atoms with Crippen molar-refractivity contribution in [2.24, 2.45) is 0 Å². The fraction of sp³-hybridized carbons (Fsp3) is 0. The molecule has 3 aromatic rings. The van der Waals surface area contributed by atoms with E-state index in [1.807, 2.05) is 18.2 Å². The van der Waals surface area contributed by atoms with Crippen LogP contribution < -0.4 is 18.9 Å². The molecule has 0 aliphatic rings. The monoisotopic (exact) mass is 357 g/mol. The van der Waals surface area contributed by atoms with E-state index in [-0.39, 0.29) is 58.1 Å². The van der Waals surface area contributed by atoms with E-state index in [0.717, 1.165) is 5.39 Å². The van der Waals surface area contributed by atoms with Crippen LogP contribution in [0.5, 0.6) is 0 Å². The molecular weight excluding hydrogens is 343 g/mol. The van der Waals surface area contributed by atoms with Crippen LogP contribution in [-0.2, 0) is 29.5 Å². The summed E-state index contributed by atoms with van der Waals surface area (Å²) < 4.78 is 26.2. The molecule has 0 fully saturated rings. The van der Waals surface area contributed by atoms with Crippen LogP contribution >= 0.6 is 0 Å². The van der Waals surface area contributed by atoms with Crippen molar-refractivity contribution in [2.45, 2.75) is 4.90 Å². The Labute approximate surface area is 157 Å². The first-order valence-electron chi connectivity index (χ1n) is 5.48. The van der Waals surface area contributed by atoms with Gasteiger partial charge in [-0.25, -0.2) is 8.42 Å². The predicted molar refractivity (Wildman–Crippen MR) is 82.6 cm³/mol. The average Bonchev–Trinajstić information content (AvgIpc) is 2.84. The Bertz CT molecular complexity index is 801. The van der Waals surface area contributed by atoms with Gasteiger partial charge in [0.1, 0.15) is 0 Å². The smallest absolute Gasteiger partial charge is 0.358 e.